The topological polar surface area (TPSA) is 320 Å². The van der Waals surface area contributed by atoms with E-state index in [2.05, 4.69) is 0 Å². The van der Waals surface area contributed by atoms with Crippen LogP contribution in [0.4, 0.5) is 0 Å². The van der Waals surface area contributed by atoms with Crippen molar-refractivity contribution >= 4 is 11.9 Å². The fourth-order valence-corrected chi connectivity index (χ4v) is 8.13. The van der Waals surface area contributed by atoms with Crippen molar-refractivity contribution in [2.45, 2.75) is 189 Å². The number of esters is 1. The van der Waals surface area contributed by atoms with Gasteiger partial charge in [0.25, 0.3) is 0 Å². The van der Waals surface area contributed by atoms with Crippen LogP contribution in [-0.2, 0) is 28.5 Å². The van der Waals surface area contributed by atoms with Crippen molar-refractivity contribution in [2.24, 2.45) is 23.5 Å². The van der Waals surface area contributed by atoms with Crippen molar-refractivity contribution in [1.82, 2.24) is 0 Å². The van der Waals surface area contributed by atoms with Crippen molar-refractivity contribution in [3.63, 3.8) is 0 Å². The second-order valence-electron chi connectivity index (χ2n) is 17.8. The average molecular weight is 926 g/mol. The highest BCUT2D eigenvalue weighted by atomic mass is 16.7. The Kier molecular flexibility index (Phi) is 23.8. The van der Waals surface area contributed by atoms with E-state index in [1.807, 2.05) is 49.5 Å². The van der Waals surface area contributed by atoms with Gasteiger partial charge in [-0.05, 0) is 46.0 Å². The zero-order valence-electron chi connectivity index (χ0n) is 37.8. The summed E-state index contributed by atoms with van der Waals surface area (Å²) in [4.78, 5) is 25.1. The van der Waals surface area contributed by atoms with E-state index in [-0.39, 0.29) is 31.6 Å². The van der Waals surface area contributed by atoms with Gasteiger partial charge in [0.15, 0.2) is 12.1 Å². The molecule has 370 valence electrons. The molecule has 2 fully saturated rings. The number of hydrogen-bond acceptors (Lipinski definition) is 17. The molecule has 0 aliphatic carbocycles. The number of allylic oxidation sites excluding steroid dienone is 10. The first-order valence-electron chi connectivity index (χ1n) is 22.6. The number of aliphatic hydroxyl groups is 10. The molecule has 0 aromatic heterocycles. The summed E-state index contributed by atoms with van der Waals surface area (Å²) in [5.41, 5.74) is 6.02. The highest BCUT2D eigenvalue weighted by Crippen LogP contribution is 2.38. The largest absolute Gasteiger partial charge is 0.481 e. The minimum Gasteiger partial charge on any atom is -0.481 e. The summed E-state index contributed by atoms with van der Waals surface area (Å²) < 4.78 is 23.2. The maximum atomic E-state index is 12.6. The van der Waals surface area contributed by atoms with E-state index in [0.717, 1.165) is 12.8 Å². The summed E-state index contributed by atoms with van der Waals surface area (Å²) in [5.74, 6) is -6.77. The molecule has 3 aliphatic rings. The first kappa shape index (κ1) is 56.1. The fraction of sp³-hybridized carbons (Fsp3) is 0.702. The lowest BCUT2D eigenvalue weighted by molar-refractivity contribution is -0.308. The number of rotatable bonds is 3. The van der Waals surface area contributed by atoms with Crippen molar-refractivity contribution in [3.8, 4) is 0 Å². The number of aliphatic carboxylic acids is 1. The van der Waals surface area contributed by atoms with Gasteiger partial charge in [-0.3, -0.25) is 9.59 Å². The molecular weight excluding hydrogens is 851 g/mol. The van der Waals surface area contributed by atoms with Gasteiger partial charge in [0.05, 0.1) is 79.6 Å². The second-order valence-corrected chi connectivity index (χ2v) is 17.8. The number of carboxylic acids is 1. The Labute approximate surface area is 381 Å². The molecule has 2 bridgehead atoms. The van der Waals surface area contributed by atoms with E-state index in [1.165, 1.54) is 13.0 Å². The molecule has 18 nitrogen and oxygen atoms in total. The Bertz CT molecular complexity index is 1620. The predicted octanol–water partition coefficient (Wildman–Crippen LogP) is 0.936. The van der Waals surface area contributed by atoms with Gasteiger partial charge in [0, 0.05) is 37.5 Å². The summed E-state index contributed by atoms with van der Waals surface area (Å²) in [6.45, 7) is 6.78. The molecule has 0 amide bonds. The number of aliphatic hydroxyl groups excluding tert-OH is 9. The number of cyclic esters (lactones) is 1. The fourth-order valence-electron chi connectivity index (χ4n) is 8.13. The van der Waals surface area contributed by atoms with Crippen molar-refractivity contribution in [2.75, 3.05) is 0 Å². The quantitative estimate of drug-likeness (QED) is 0.175. The highest BCUT2D eigenvalue weighted by Gasteiger charge is 2.51. The van der Waals surface area contributed by atoms with Gasteiger partial charge in [-0.1, -0.05) is 86.8 Å². The first-order valence-corrected chi connectivity index (χ1v) is 22.6. The standard InChI is InChI=1S/C47H75NO17/c1-27-17-15-13-11-9-7-5-6-8-10-12-14-16-18-34(64-46-44(58)41(48)43(57)30(4)63-46)24-38-40(45(59)60)37(54)26-47(61,65-38)25-33(51)22-36(53)35(52)20-19-31(49)21-32(50)23-39(55)62-29(3)28(2)42(27)56/h5-6,8,10-18,27-38,40-44,46,49-54,56-58,61H,7,9,19-26,48H2,1-4H3,(H,59,60)/b6-5+,10-8+,13-11+,14-12+,17-15+,18-16+/t27-,28-,29-,30+,31+,32+,33-,34?,35+,36+,37-,38?,40+,41-,42+,43+,44-,46-,47+/m0/s1. The summed E-state index contributed by atoms with van der Waals surface area (Å²) in [6.07, 6.45) is 2.26. The van der Waals surface area contributed by atoms with E-state index in [4.69, 9.17) is 24.7 Å². The lowest BCUT2D eigenvalue weighted by Gasteiger charge is -2.45. The van der Waals surface area contributed by atoms with Crippen LogP contribution in [0.1, 0.15) is 91.9 Å². The third-order valence-electron chi connectivity index (χ3n) is 12.2. The van der Waals surface area contributed by atoms with E-state index in [1.54, 1.807) is 38.2 Å². The molecule has 2 unspecified atom stereocenters. The van der Waals surface area contributed by atoms with E-state index < -0.39 is 147 Å². The maximum Gasteiger partial charge on any atom is 0.311 e. The minimum atomic E-state index is -2.32. The monoisotopic (exact) mass is 926 g/mol. The lowest BCUT2D eigenvalue weighted by Crippen LogP contribution is -2.61. The minimum absolute atomic E-state index is 0.103. The molecule has 19 atom stereocenters. The third-order valence-corrected chi connectivity index (χ3v) is 12.2. The number of carbonyl (C=O) groups excluding carboxylic acids is 1. The van der Waals surface area contributed by atoms with Gasteiger partial charge in [0.1, 0.15) is 18.1 Å². The molecule has 3 aliphatic heterocycles. The molecule has 0 aromatic carbocycles. The molecular formula is C47H75NO17. The van der Waals surface area contributed by atoms with Crippen LogP contribution < -0.4 is 5.73 Å². The Morgan fingerprint density at radius 2 is 1.31 bits per heavy atom. The smallest absolute Gasteiger partial charge is 0.311 e. The number of nitrogens with two attached hydrogens (primary N) is 1. The number of fused-ring (bicyclic) bond motifs is 2. The zero-order valence-corrected chi connectivity index (χ0v) is 37.8. The first-order chi connectivity index (χ1) is 30.6. The number of hydrogen-bond donors (Lipinski definition) is 12. The van der Waals surface area contributed by atoms with Gasteiger partial charge in [0.2, 0.25) is 0 Å². The summed E-state index contributed by atoms with van der Waals surface area (Å²) in [6, 6.07) is -1.14. The second kappa shape index (κ2) is 27.6. The van der Waals surface area contributed by atoms with Crippen molar-refractivity contribution in [1.29, 1.82) is 0 Å². The van der Waals surface area contributed by atoms with Crippen LogP contribution >= 0.6 is 0 Å². The van der Waals surface area contributed by atoms with Crippen LogP contribution in [0, 0.1) is 17.8 Å². The lowest BCUT2D eigenvalue weighted by atomic mass is 9.82. The normalized spacial score (nSPS) is 45.2. The van der Waals surface area contributed by atoms with Gasteiger partial charge < -0.3 is 80.9 Å². The molecule has 3 rings (SSSR count). The molecule has 13 N–H and O–H groups in total. The number of carbonyl (C=O) groups is 2. The Morgan fingerprint density at radius 3 is 1.97 bits per heavy atom. The zero-order chi connectivity index (χ0) is 48.4. The van der Waals surface area contributed by atoms with E-state index >= 15 is 0 Å². The average Bonchev–Trinajstić information content (AvgIpc) is 3.21. The van der Waals surface area contributed by atoms with E-state index in [0.29, 0.717) is 0 Å². The molecule has 0 saturated carbocycles. The van der Waals surface area contributed by atoms with E-state index in [9.17, 15) is 65.8 Å². The number of ether oxygens (including phenoxy) is 4. The van der Waals surface area contributed by atoms with Crippen molar-refractivity contribution in [3.05, 3.63) is 72.9 Å². The third kappa shape index (κ3) is 18.8. The molecule has 3 heterocycles. The van der Waals surface area contributed by atoms with Crippen LogP contribution in [0.3, 0.4) is 0 Å². The number of carboxylic acid groups (broad SMARTS) is 1. The summed E-state index contributed by atoms with van der Waals surface area (Å²) in [5, 5.41) is 118. The Balaban J connectivity index is 1.84. The van der Waals surface area contributed by atoms with Gasteiger partial charge in [-0.2, -0.15) is 0 Å². The molecule has 18 heteroatoms. The highest BCUT2D eigenvalue weighted by molar-refractivity contribution is 5.71. The van der Waals surface area contributed by atoms with Crippen LogP contribution in [-0.4, -0.2) is 166 Å². The predicted molar refractivity (Wildman–Crippen MR) is 237 cm³/mol. The SMILES string of the molecule is C[C@@H]1[C@H](O)[C@@H](C)/C=C/C=C/CC/C=C/C=C/C=C/C=C/C(O[C@@H]2O[C@H](C)[C@@H](O)[C@H](N)[C@@H]2O)CC2O[C@](O)(C[C@@H](O)C[C@@H](O)[C@H](O)CC[C@@H](O)C[C@@H](O)CC(=O)O[C@H]1C)C[C@H](O)[C@H]2C(=O)O. The molecule has 65 heavy (non-hydrogen) atoms. The van der Waals surface area contributed by atoms with Crippen LogP contribution in [0.25, 0.3) is 0 Å². The van der Waals surface area contributed by atoms with Crippen LogP contribution in [0.15, 0.2) is 72.9 Å². The van der Waals surface area contributed by atoms with Crippen LogP contribution in [0.5, 0.6) is 0 Å². The summed E-state index contributed by atoms with van der Waals surface area (Å²) in [7, 11) is 0. The Morgan fingerprint density at radius 1 is 0.692 bits per heavy atom. The maximum absolute atomic E-state index is 12.6. The molecule has 0 spiro atoms. The molecule has 2 saturated heterocycles. The van der Waals surface area contributed by atoms with Gasteiger partial charge >= 0.3 is 11.9 Å². The van der Waals surface area contributed by atoms with Crippen molar-refractivity contribution < 1.29 is 84.7 Å². The van der Waals surface area contributed by atoms with Crippen LogP contribution in [0.2, 0.25) is 0 Å². The molecule has 0 aromatic rings. The summed E-state index contributed by atoms with van der Waals surface area (Å²) >= 11 is 0. The Hall–Kier alpha value is -3.18. The molecule has 0 radical (unpaired) electrons. The van der Waals surface area contributed by atoms with Gasteiger partial charge in [-0.15, -0.1) is 0 Å². The van der Waals surface area contributed by atoms with Gasteiger partial charge in [-0.25, -0.2) is 0 Å².